The van der Waals surface area contributed by atoms with E-state index in [0.29, 0.717) is 19.4 Å². The molecule has 1 aromatic rings. The van der Waals surface area contributed by atoms with Gasteiger partial charge in [-0.25, -0.2) is 0 Å². The molecular weight excluding hydrogens is 248 g/mol. The fraction of sp³-hybridized carbons (Fsp3) is 0.471. The highest BCUT2D eigenvalue weighted by Crippen LogP contribution is 2.11. The Bertz CT molecular complexity index is 467. The highest BCUT2D eigenvalue weighted by Gasteiger charge is 2.01. The largest absolute Gasteiger partial charge is 0.376 e. The molecule has 1 atom stereocenters. The molecule has 0 amide bonds. The lowest BCUT2D eigenvalue weighted by Gasteiger charge is -2.19. The molecule has 3 heteroatoms. The molecule has 0 aliphatic rings. The van der Waals surface area contributed by atoms with Crippen molar-refractivity contribution in [2.45, 2.75) is 32.8 Å². The second-order valence-corrected chi connectivity index (χ2v) is 4.50. The van der Waals surface area contributed by atoms with Crippen LogP contribution in [0.3, 0.4) is 0 Å². The van der Waals surface area contributed by atoms with Gasteiger partial charge in [0.15, 0.2) is 0 Å². The normalized spacial score (nSPS) is 11.1. The molecule has 1 rings (SSSR count). The number of hydrogen-bond donors (Lipinski definition) is 0. The Morgan fingerprint density at radius 3 is 2.65 bits per heavy atom. The summed E-state index contributed by atoms with van der Waals surface area (Å²) in [6, 6.07) is 12.3. The molecule has 0 aliphatic heterocycles. The highest BCUT2D eigenvalue weighted by molar-refractivity contribution is 5.47. The summed E-state index contributed by atoms with van der Waals surface area (Å²) < 4.78 is 5.46. The number of para-hydroxylation sites is 1. The van der Waals surface area contributed by atoms with Crippen molar-refractivity contribution in [3.63, 3.8) is 0 Å². The highest BCUT2D eigenvalue weighted by atomic mass is 16.5. The van der Waals surface area contributed by atoms with Crippen molar-refractivity contribution in [1.82, 2.24) is 0 Å². The number of ether oxygens (including phenoxy) is 1. The van der Waals surface area contributed by atoms with Crippen LogP contribution in [0.1, 0.15) is 26.7 Å². The Hall–Kier alpha value is -1.97. The minimum absolute atomic E-state index is 0.0858. The second-order valence-electron chi connectivity index (χ2n) is 4.50. The molecule has 0 unspecified atom stereocenters. The summed E-state index contributed by atoms with van der Waals surface area (Å²) in [5.41, 5.74) is 1.20. The fourth-order valence-corrected chi connectivity index (χ4v) is 1.76. The molecule has 0 bridgehead atoms. The molecule has 0 saturated carbocycles. The lowest BCUT2D eigenvalue weighted by molar-refractivity contribution is 0.0739. The molecule has 0 N–H and O–H groups in total. The molecule has 3 nitrogen and oxygen atoms in total. The average molecular weight is 270 g/mol. The van der Waals surface area contributed by atoms with Crippen LogP contribution in [0.25, 0.3) is 0 Å². The Kier molecular flexibility index (Phi) is 7.96. The maximum absolute atomic E-state index is 8.43. The third-order valence-electron chi connectivity index (χ3n) is 2.90. The fourth-order valence-electron chi connectivity index (χ4n) is 1.76. The summed E-state index contributed by atoms with van der Waals surface area (Å²) in [7, 11) is 0. The van der Waals surface area contributed by atoms with Gasteiger partial charge in [-0.2, -0.15) is 5.26 Å². The van der Waals surface area contributed by atoms with Gasteiger partial charge in [0, 0.05) is 18.7 Å². The van der Waals surface area contributed by atoms with E-state index in [9.17, 15) is 0 Å². The van der Waals surface area contributed by atoms with Crippen molar-refractivity contribution in [1.29, 1.82) is 5.26 Å². The second kappa shape index (κ2) is 9.89. The van der Waals surface area contributed by atoms with Crippen molar-refractivity contribution in [3.8, 4) is 17.9 Å². The van der Waals surface area contributed by atoms with E-state index in [-0.39, 0.29) is 6.10 Å². The minimum atomic E-state index is 0.0858. The van der Waals surface area contributed by atoms with E-state index < -0.39 is 0 Å². The summed E-state index contributed by atoms with van der Waals surface area (Å²) in [6.45, 7) is 6.27. The maximum atomic E-state index is 8.43. The van der Waals surface area contributed by atoms with E-state index in [2.05, 4.69) is 41.9 Å². The molecule has 0 aromatic heterocycles. The van der Waals surface area contributed by atoms with E-state index in [4.69, 9.17) is 10.00 Å². The first-order valence-corrected chi connectivity index (χ1v) is 7.02. The molecule has 0 heterocycles. The number of rotatable bonds is 7. The van der Waals surface area contributed by atoms with Gasteiger partial charge >= 0.3 is 0 Å². The number of hydrogen-bond acceptors (Lipinski definition) is 3. The SMILES string of the molecule is CCN(CC#CC[C@@H](C)OCCC#N)c1ccccc1. The van der Waals surface area contributed by atoms with E-state index in [1.807, 2.05) is 25.1 Å². The van der Waals surface area contributed by atoms with Crippen LogP contribution < -0.4 is 4.90 Å². The predicted octanol–water partition coefficient (Wildman–Crippen LogP) is 3.23. The van der Waals surface area contributed by atoms with Crippen molar-refractivity contribution >= 4 is 5.69 Å². The zero-order valence-corrected chi connectivity index (χ0v) is 12.3. The minimum Gasteiger partial charge on any atom is -0.376 e. The molecule has 106 valence electrons. The van der Waals surface area contributed by atoms with Gasteiger partial charge in [0.05, 0.1) is 31.7 Å². The van der Waals surface area contributed by atoms with Gasteiger partial charge in [0.25, 0.3) is 0 Å². The Morgan fingerprint density at radius 2 is 2.00 bits per heavy atom. The number of anilines is 1. The van der Waals surface area contributed by atoms with E-state index >= 15 is 0 Å². The lowest BCUT2D eigenvalue weighted by atomic mass is 10.2. The molecule has 0 radical (unpaired) electrons. The van der Waals surface area contributed by atoms with Crippen molar-refractivity contribution in [2.24, 2.45) is 0 Å². The Labute approximate surface area is 122 Å². The van der Waals surface area contributed by atoms with Crippen molar-refractivity contribution in [2.75, 3.05) is 24.6 Å². The predicted molar refractivity (Wildman–Crippen MR) is 82.4 cm³/mol. The van der Waals surface area contributed by atoms with Gasteiger partial charge in [0.1, 0.15) is 0 Å². The van der Waals surface area contributed by atoms with Gasteiger partial charge in [-0.1, -0.05) is 30.0 Å². The monoisotopic (exact) mass is 270 g/mol. The average Bonchev–Trinajstić information content (AvgIpc) is 2.48. The van der Waals surface area contributed by atoms with Gasteiger partial charge < -0.3 is 9.64 Å². The zero-order valence-electron chi connectivity index (χ0n) is 12.3. The smallest absolute Gasteiger partial charge is 0.0794 e. The Balaban J connectivity index is 2.35. The lowest BCUT2D eigenvalue weighted by Crippen LogP contribution is -2.22. The molecule has 0 saturated heterocycles. The topological polar surface area (TPSA) is 36.3 Å². The molecule has 1 aromatic carbocycles. The van der Waals surface area contributed by atoms with E-state index in [1.54, 1.807) is 0 Å². The van der Waals surface area contributed by atoms with Gasteiger partial charge in [-0.15, -0.1) is 0 Å². The molecule has 0 spiro atoms. The van der Waals surface area contributed by atoms with E-state index in [0.717, 1.165) is 13.1 Å². The summed E-state index contributed by atoms with van der Waals surface area (Å²) >= 11 is 0. The van der Waals surface area contributed by atoms with Gasteiger partial charge in [0.2, 0.25) is 0 Å². The third-order valence-corrected chi connectivity index (χ3v) is 2.90. The number of nitriles is 1. The van der Waals surface area contributed by atoms with Gasteiger partial charge in [-0.05, 0) is 26.0 Å². The van der Waals surface area contributed by atoms with Crippen LogP contribution in [0.5, 0.6) is 0 Å². The van der Waals surface area contributed by atoms with E-state index in [1.165, 1.54) is 5.69 Å². The third kappa shape index (κ3) is 6.27. The van der Waals surface area contributed by atoms with Crippen molar-refractivity contribution in [3.05, 3.63) is 30.3 Å². The number of benzene rings is 1. The molecule has 20 heavy (non-hydrogen) atoms. The quantitative estimate of drug-likeness (QED) is 0.564. The maximum Gasteiger partial charge on any atom is 0.0794 e. The van der Waals surface area contributed by atoms with Crippen LogP contribution in [-0.4, -0.2) is 25.8 Å². The molecular formula is C17H22N2O. The molecule has 0 aliphatic carbocycles. The van der Waals surface area contributed by atoms with Crippen LogP contribution in [0, 0.1) is 23.2 Å². The number of nitrogens with zero attached hydrogens (tertiary/aromatic N) is 2. The van der Waals surface area contributed by atoms with Crippen LogP contribution in [0.15, 0.2) is 30.3 Å². The summed E-state index contributed by atoms with van der Waals surface area (Å²) in [5.74, 6) is 6.33. The summed E-state index contributed by atoms with van der Waals surface area (Å²) in [4.78, 5) is 2.23. The summed E-state index contributed by atoms with van der Waals surface area (Å²) in [6.07, 6.45) is 1.23. The zero-order chi connectivity index (χ0) is 14.6. The first kappa shape index (κ1) is 16.1. The van der Waals surface area contributed by atoms with Crippen LogP contribution in [-0.2, 0) is 4.74 Å². The van der Waals surface area contributed by atoms with Crippen LogP contribution in [0.4, 0.5) is 5.69 Å². The van der Waals surface area contributed by atoms with Crippen molar-refractivity contribution < 1.29 is 4.74 Å². The van der Waals surface area contributed by atoms with Gasteiger partial charge in [-0.3, -0.25) is 0 Å². The summed E-state index contributed by atoms with van der Waals surface area (Å²) in [5, 5.41) is 8.43. The molecule has 0 fully saturated rings. The Morgan fingerprint density at radius 1 is 1.25 bits per heavy atom. The standard InChI is InChI=1S/C17H22N2O/c1-3-19(17-11-5-4-6-12-17)14-8-7-10-16(2)20-15-9-13-18/h4-6,11-12,16H,3,9-10,14-15H2,1-2H3/t16-/m1/s1. The first-order chi connectivity index (χ1) is 9.77. The van der Waals surface area contributed by atoms with Crippen LogP contribution >= 0.6 is 0 Å². The van der Waals surface area contributed by atoms with Crippen LogP contribution in [0.2, 0.25) is 0 Å². The first-order valence-electron chi connectivity index (χ1n) is 7.02.